The van der Waals surface area contributed by atoms with Crippen molar-refractivity contribution in [3.63, 3.8) is 0 Å². The van der Waals surface area contributed by atoms with E-state index in [-0.39, 0.29) is 19.6 Å². The van der Waals surface area contributed by atoms with Crippen LogP contribution in [0.3, 0.4) is 0 Å². The van der Waals surface area contributed by atoms with Crippen molar-refractivity contribution in [2.24, 2.45) is 0 Å². The minimum absolute atomic E-state index is 0.0107. The minimum Gasteiger partial charge on any atom is -0.461 e. The van der Waals surface area contributed by atoms with Gasteiger partial charge in [0.2, 0.25) is 0 Å². The van der Waals surface area contributed by atoms with Crippen LogP contribution in [0.15, 0.2) is 43.0 Å². The van der Waals surface area contributed by atoms with Crippen molar-refractivity contribution in [1.29, 1.82) is 0 Å². The lowest BCUT2D eigenvalue weighted by Crippen LogP contribution is -2.42. The highest BCUT2D eigenvalue weighted by Crippen LogP contribution is 2.08. The maximum absolute atomic E-state index is 12.0. The van der Waals surface area contributed by atoms with Crippen LogP contribution < -0.4 is 5.32 Å². The summed E-state index contributed by atoms with van der Waals surface area (Å²) in [7, 11) is 0. The zero-order valence-corrected chi connectivity index (χ0v) is 15.1. The Hall–Kier alpha value is -2.34. The van der Waals surface area contributed by atoms with Gasteiger partial charge in [-0.25, -0.2) is 4.79 Å². The molecule has 6 heteroatoms. The van der Waals surface area contributed by atoms with Crippen LogP contribution in [0.5, 0.6) is 0 Å². The minimum atomic E-state index is -0.621. The summed E-state index contributed by atoms with van der Waals surface area (Å²) in [5, 5.41) is 2.64. The molecule has 1 atom stereocenters. The summed E-state index contributed by atoms with van der Waals surface area (Å²) >= 11 is 0. The molecule has 6 nitrogen and oxygen atoms in total. The van der Waals surface area contributed by atoms with Gasteiger partial charge in [-0.1, -0.05) is 36.4 Å². The molecule has 0 aliphatic rings. The average Bonchev–Trinajstić information content (AvgIpc) is 2.52. The van der Waals surface area contributed by atoms with Crippen LogP contribution in [0, 0.1) is 0 Å². The van der Waals surface area contributed by atoms with E-state index in [1.54, 1.807) is 26.8 Å². The topological polar surface area (TPSA) is 73.9 Å². The van der Waals surface area contributed by atoms with Crippen molar-refractivity contribution in [3.8, 4) is 0 Å². The summed E-state index contributed by atoms with van der Waals surface area (Å²) in [6.07, 6.45) is 0.983. The number of esters is 1. The molecule has 1 rings (SSSR count). The van der Waals surface area contributed by atoms with Crippen molar-refractivity contribution in [2.75, 3.05) is 13.2 Å². The highest BCUT2D eigenvalue weighted by atomic mass is 16.6. The maximum Gasteiger partial charge on any atom is 0.407 e. The second-order valence-electron chi connectivity index (χ2n) is 6.52. The number of hydrogen-bond acceptors (Lipinski definition) is 5. The third-order valence-corrected chi connectivity index (χ3v) is 2.93. The number of nitrogens with one attached hydrogen (secondary N) is 1. The fourth-order valence-electron chi connectivity index (χ4n) is 1.92. The normalized spacial score (nSPS) is 12.1. The molecule has 0 aromatic heterocycles. The molecule has 0 saturated heterocycles. The first-order valence-electron chi connectivity index (χ1n) is 8.18. The monoisotopic (exact) mass is 349 g/mol. The fraction of sp³-hybridized carbons (Fsp3) is 0.474. The first-order chi connectivity index (χ1) is 11.8. The summed E-state index contributed by atoms with van der Waals surface area (Å²) in [4.78, 5) is 23.9. The van der Waals surface area contributed by atoms with Crippen LogP contribution in [0.4, 0.5) is 4.79 Å². The molecule has 1 N–H and O–H groups in total. The molecular weight excluding hydrogens is 322 g/mol. The van der Waals surface area contributed by atoms with E-state index >= 15 is 0 Å². The number of ether oxygens (including phenoxy) is 3. The lowest BCUT2D eigenvalue weighted by atomic mass is 10.2. The number of carbonyl (C=O) groups is 2. The Kier molecular flexibility index (Phi) is 8.70. The molecule has 0 unspecified atom stereocenters. The van der Waals surface area contributed by atoms with E-state index in [0.717, 1.165) is 5.56 Å². The Labute approximate surface area is 149 Å². The van der Waals surface area contributed by atoms with E-state index in [4.69, 9.17) is 14.2 Å². The maximum atomic E-state index is 12.0. The van der Waals surface area contributed by atoms with Crippen LogP contribution in [0.25, 0.3) is 0 Å². The van der Waals surface area contributed by atoms with Crippen LogP contribution in [0.2, 0.25) is 0 Å². The SMILES string of the molecule is C=CCOC[C@@H](CC(=O)OCc1ccccc1)NC(=O)OC(C)(C)C. The van der Waals surface area contributed by atoms with Crippen LogP contribution in [-0.2, 0) is 25.6 Å². The van der Waals surface area contributed by atoms with Gasteiger partial charge in [-0.05, 0) is 26.3 Å². The standard InChI is InChI=1S/C19H27NO5/c1-5-11-23-14-16(20-18(22)25-19(2,3)4)12-17(21)24-13-15-9-7-6-8-10-15/h5-10,16H,1,11-14H2,2-4H3,(H,20,22)/t16-/m1/s1. The Balaban J connectivity index is 2.51. The van der Waals surface area contributed by atoms with Gasteiger partial charge in [-0.15, -0.1) is 6.58 Å². The third kappa shape index (κ3) is 10.2. The van der Waals surface area contributed by atoms with E-state index in [9.17, 15) is 9.59 Å². The molecule has 0 heterocycles. The fourth-order valence-corrected chi connectivity index (χ4v) is 1.92. The quantitative estimate of drug-likeness (QED) is 0.421. The molecule has 0 aliphatic carbocycles. The lowest BCUT2D eigenvalue weighted by molar-refractivity contribution is -0.145. The molecule has 0 fully saturated rings. The predicted octanol–water partition coefficient (Wildman–Crippen LogP) is 3.22. The van der Waals surface area contributed by atoms with Gasteiger partial charge in [0, 0.05) is 0 Å². The number of rotatable bonds is 9. The molecule has 1 aromatic carbocycles. The lowest BCUT2D eigenvalue weighted by Gasteiger charge is -2.23. The Morgan fingerprint density at radius 1 is 1.24 bits per heavy atom. The van der Waals surface area contributed by atoms with Gasteiger partial charge in [-0.2, -0.15) is 0 Å². The van der Waals surface area contributed by atoms with Gasteiger partial charge >= 0.3 is 12.1 Å². The molecule has 0 bridgehead atoms. The number of hydrogen-bond donors (Lipinski definition) is 1. The highest BCUT2D eigenvalue weighted by Gasteiger charge is 2.22. The first-order valence-corrected chi connectivity index (χ1v) is 8.18. The zero-order chi connectivity index (χ0) is 18.7. The average molecular weight is 349 g/mol. The Morgan fingerprint density at radius 3 is 2.52 bits per heavy atom. The highest BCUT2D eigenvalue weighted by molar-refractivity contribution is 5.73. The number of amides is 1. The second kappa shape index (κ2) is 10.5. The van der Waals surface area contributed by atoms with Gasteiger partial charge in [0.1, 0.15) is 12.2 Å². The molecule has 25 heavy (non-hydrogen) atoms. The van der Waals surface area contributed by atoms with E-state index in [2.05, 4.69) is 11.9 Å². The number of alkyl carbamates (subject to hydrolysis) is 1. The van der Waals surface area contributed by atoms with Gasteiger partial charge in [0.15, 0.2) is 0 Å². The molecule has 0 aliphatic heterocycles. The van der Waals surface area contributed by atoms with E-state index in [1.807, 2.05) is 30.3 Å². The van der Waals surface area contributed by atoms with Gasteiger partial charge in [0.25, 0.3) is 0 Å². The molecule has 1 aromatic rings. The predicted molar refractivity (Wildman–Crippen MR) is 95.0 cm³/mol. The van der Waals surface area contributed by atoms with Gasteiger partial charge in [-0.3, -0.25) is 4.79 Å². The third-order valence-electron chi connectivity index (χ3n) is 2.93. The summed E-state index contributed by atoms with van der Waals surface area (Å²) in [6, 6.07) is 8.84. The molecule has 0 saturated carbocycles. The molecule has 1 amide bonds. The largest absolute Gasteiger partial charge is 0.461 e. The van der Waals surface area contributed by atoms with Crippen LogP contribution >= 0.6 is 0 Å². The molecule has 138 valence electrons. The second-order valence-corrected chi connectivity index (χ2v) is 6.52. The van der Waals surface area contributed by atoms with E-state index in [0.29, 0.717) is 6.61 Å². The molecular formula is C19H27NO5. The smallest absolute Gasteiger partial charge is 0.407 e. The van der Waals surface area contributed by atoms with Gasteiger partial charge in [0.05, 0.1) is 25.7 Å². The van der Waals surface area contributed by atoms with E-state index in [1.165, 1.54) is 0 Å². The molecule has 0 radical (unpaired) electrons. The van der Waals surface area contributed by atoms with Crippen molar-refractivity contribution in [3.05, 3.63) is 48.6 Å². The van der Waals surface area contributed by atoms with Crippen molar-refractivity contribution in [2.45, 2.75) is 45.4 Å². The van der Waals surface area contributed by atoms with Crippen molar-refractivity contribution in [1.82, 2.24) is 5.32 Å². The Bertz CT molecular complexity index is 551. The van der Waals surface area contributed by atoms with Gasteiger partial charge < -0.3 is 19.5 Å². The van der Waals surface area contributed by atoms with Crippen molar-refractivity contribution >= 4 is 12.1 Å². The summed E-state index contributed by atoms with van der Waals surface area (Å²) in [6.45, 7) is 9.54. The number of carbonyl (C=O) groups excluding carboxylic acids is 2. The molecule has 0 spiro atoms. The van der Waals surface area contributed by atoms with Crippen LogP contribution in [0.1, 0.15) is 32.8 Å². The van der Waals surface area contributed by atoms with Crippen molar-refractivity contribution < 1.29 is 23.8 Å². The summed E-state index contributed by atoms with van der Waals surface area (Å²) in [5.41, 5.74) is 0.278. The summed E-state index contributed by atoms with van der Waals surface area (Å²) in [5.74, 6) is -0.424. The zero-order valence-electron chi connectivity index (χ0n) is 15.1. The Morgan fingerprint density at radius 2 is 1.92 bits per heavy atom. The van der Waals surface area contributed by atoms with E-state index < -0.39 is 23.7 Å². The van der Waals surface area contributed by atoms with Crippen LogP contribution in [-0.4, -0.2) is 36.9 Å². The number of benzene rings is 1. The first kappa shape index (κ1) is 20.7. The summed E-state index contributed by atoms with van der Waals surface area (Å²) < 4.78 is 15.8.